The molecule has 4 heterocycles. The summed E-state index contributed by atoms with van der Waals surface area (Å²) in [5.41, 5.74) is -0.988. The number of piperazine rings is 1. The highest BCUT2D eigenvalue weighted by atomic mass is 35.5. The van der Waals surface area contributed by atoms with Crippen molar-refractivity contribution in [3.63, 3.8) is 0 Å². The third-order valence-corrected chi connectivity index (χ3v) is 7.10. The minimum atomic E-state index is -2.75. The Hall–Kier alpha value is -3.41. The zero-order chi connectivity index (χ0) is 29.7. The lowest BCUT2D eigenvalue weighted by Gasteiger charge is -2.44. The zero-order valence-corrected chi connectivity index (χ0v) is 24.1. The number of hydrogen-bond acceptors (Lipinski definition) is 7. The van der Waals surface area contributed by atoms with Gasteiger partial charge in [0, 0.05) is 31.4 Å². The van der Waals surface area contributed by atoms with Crippen LogP contribution in [0.2, 0.25) is 5.15 Å². The van der Waals surface area contributed by atoms with Crippen LogP contribution in [0.1, 0.15) is 58.7 Å². The molecule has 9 nitrogen and oxygen atoms in total. The summed E-state index contributed by atoms with van der Waals surface area (Å²) in [5.74, 6) is -2.00. The summed E-state index contributed by atoms with van der Waals surface area (Å²) in [7, 11) is 0. The van der Waals surface area contributed by atoms with E-state index in [0.717, 1.165) is 10.6 Å². The van der Waals surface area contributed by atoms with Crippen molar-refractivity contribution in [2.24, 2.45) is 0 Å². The number of hydrogen-bond donors (Lipinski definition) is 0. The number of halogens is 4. The number of aryl methyl sites for hydroxylation is 1. The van der Waals surface area contributed by atoms with Crippen LogP contribution in [-0.2, 0) is 4.74 Å². The van der Waals surface area contributed by atoms with E-state index in [4.69, 9.17) is 16.3 Å². The molecule has 216 valence electrons. The van der Waals surface area contributed by atoms with Crippen LogP contribution in [0, 0.1) is 12.7 Å². The number of fused-ring (bicyclic) bond motifs is 1. The van der Waals surface area contributed by atoms with E-state index in [-0.39, 0.29) is 53.4 Å². The Morgan fingerprint density at radius 2 is 1.85 bits per heavy atom. The molecule has 0 bridgehead atoms. The lowest BCUT2D eigenvalue weighted by atomic mass is 10.0. The van der Waals surface area contributed by atoms with E-state index in [1.807, 2.05) is 13.8 Å². The maximum Gasteiger partial charge on any atom is 0.410 e. The van der Waals surface area contributed by atoms with Crippen molar-refractivity contribution in [2.75, 3.05) is 18.0 Å². The lowest BCUT2D eigenvalue weighted by molar-refractivity contribution is 0.0130. The molecule has 1 aliphatic heterocycles. The molecule has 3 atom stereocenters. The van der Waals surface area contributed by atoms with Gasteiger partial charge in [-0.25, -0.2) is 32.3 Å². The second-order valence-corrected chi connectivity index (χ2v) is 11.5. The van der Waals surface area contributed by atoms with Crippen molar-refractivity contribution in [2.45, 2.75) is 78.5 Å². The minimum Gasteiger partial charge on any atom is -0.444 e. The standard InChI is InChI=1S/C27H32ClF3N6O3/c1-13-8-9-32-19(16(4)22(30)31)20(13)37-24-17(10-18(29)21(28)33-24)23(34-25(37)38)35-11-15(3)36(12-14(35)2)26(39)40-27(5,6)7/h8-10,14-16,22H,11-12H2,1-7H3/t14-,15+,16?/m0/s1. The van der Waals surface area contributed by atoms with Crippen LogP contribution in [0.3, 0.4) is 0 Å². The van der Waals surface area contributed by atoms with Gasteiger partial charge in [0.2, 0.25) is 6.43 Å². The van der Waals surface area contributed by atoms with Crippen LogP contribution in [0.25, 0.3) is 16.7 Å². The first-order chi connectivity index (χ1) is 18.6. The van der Waals surface area contributed by atoms with Gasteiger partial charge >= 0.3 is 11.8 Å². The summed E-state index contributed by atoms with van der Waals surface area (Å²) in [5, 5.41) is -0.330. The zero-order valence-electron chi connectivity index (χ0n) is 23.4. The normalized spacial score (nSPS) is 18.9. The summed E-state index contributed by atoms with van der Waals surface area (Å²) in [6, 6.07) is 2.02. The molecular formula is C27H32ClF3N6O3. The fraction of sp³-hybridized carbons (Fsp3) is 0.519. The smallest absolute Gasteiger partial charge is 0.410 e. The van der Waals surface area contributed by atoms with Gasteiger partial charge < -0.3 is 14.5 Å². The number of anilines is 1. The van der Waals surface area contributed by atoms with Crippen molar-refractivity contribution < 1.29 is 22.7 Å². The molecule has 0 aliphatic carbocycles. The van der Waals surface area contributed by atoms with Crippen LogP contribution in [-0.4, -0.2) is 67.7 Å². The topological polar surface area (TPSA) is 93.5 Å². The number of aromatic nitrogens is 4. The van der Waals surface area contributed by atoms with E-state index in [0.29, 0.717) is 5.56 Å². The van der Waals surface area contributed by atoms with Crippen molar-refractivity contribution in [1.29, 1.82) is 0 Å². The summed E-state index contributed by atoms with van der Waals surface area (Å²) < 4.78 is 49.0. The first-order valence-electron chi connectivity index (χ1n) is 12.9. The van der Waals surface area contributed by atoms with Crippen molar-refractivity contribution in [3.05, 3.63) is 51.0 Å². The van der Waals surface area contributed by atoms with E-state index >= 15 is 0 Å². The molecule has 40 heavy (non-hydrogen) atoms. The highest BCUT2D eigenvalue weighted by Crippen LogP contribution is 2.34. The predicted octanol–water partition coefficient (Wildman–Crippen LogP) is 5.48. The molecule has 3 aromatic rings. The van der Waals surface area contributed by atoms with Gasteiger partial charge in [-0.3, -0.25) is 4.98 Å². The SMILES string of the molecule is Cc1ccnc(C(C)C(F)F)c1-n1c(=O)nc(N2C[C@@H](C)N(C(=O)OC(C)(C)C)C[C@@H]2C)c2cc(F)c(Cl)nc21. The first-order valence-corrected chi connectivity index (χ1v) is 13.3. The molecule has 1 saturated heterocycles. The molecule has 0 radical (unpaired) electrons. The van der Waals surface area contributed by atoms with Gasteiger partial charge in [-0.15, -0.1) is 0 Å². The Kier molecular flexibility index (Phi) is 8.04. The summed E-state index contributed by atoms with van der Waals surface area (Å²) in [6.07, 6.45) is -1.83. The van der Waals surface area contributed by atoms with Crippen LogP contribution in [0.4, 0.5) is 23.8 Å². The Morgan fingerprint density at radius 3 is 2.48 bits per heavy atom. The molecule has 1 amide bonds. The number of pyridine rings is 2. The number of carbonyl (C=O) groups is 1. The Balaban J connectivity index is 1.89. The summed E-state index contributed by atoms with van der Waals surface area (Å²) in [4.78, 5) is 42.5. The number of nitrogens with zero attached hydrogens (tertiary/aromatic N) is 6. The molecule has 0 spiro atoms. The molecule has 13 heteroatoms. The predicted molar refractivity (Wildman–Crippen MR) is 146 cm³/mol. The Bertz CT molecular complexity index is 1510. The van der Waals surface area contributed by atoms with Crippen LogP contribution in [0.15, 0.2) is 23.1 Å². The average molecular weight is 581 g/mol. The Labute approximate surface area is 234 Å². The second kappa shape index (κ2) is 10.9. The molecule has 0 N–H and O–H groups in total. The van der Waals surface area contributed by atoms with Crippen LogP contribution in [0.5, 0.6) is 0 Å². The lowest BCUT2D eigenvalue weighted by Crippen LogP contribution is -2.59. The second-order valence-electron chi connectivity index (χ2n) is 11.2. The van der Waals surface area contributed by atoms with E-state index in [1.165, 1.54) is 13.1 Å². The van der Waals surface area contributed by atoms with Gasteiger partial charge in [-0.2, -0.15) is 4.98 Å². The number of amides is 1. The van der Waals surface area contributed by atoms with E-state index < -0.39 is 40.7 Å². The molecule has 1 fully saturated rings. The average Bonchev–Trinajstić information content (AvgIpc) is 2.85. The summed E-state index contributed by atoms with van der Waals surface area (Å²) in [6.45, 7) is 12.5. The van der Waals surface area contributed by atoms with Crippen LogP contribution < -0.4 is 10.6 Å². The third kappa shape index (κ3) is 5.59. The van der Waals surface area contributed by atoms with Gasteiger partial charge in [0.1, 0.15) is 11.4 Å². The quantitative estimate of drug-likeness (QED) is 0.377. The Morgan fingerprint density at radius 1 is 1.18 bits per heavy atom. The van der Waals surface area contributed by atoms with E-state index in [1.54, 1.807) is 43.6 Å². The fourth-order valence-electron chi connectivity index (χ4n) is 4.82. The van der Waals surface area contributed by atoms with Gasteiger partial charge in [-0.1, -0.05) is 18.5 Å². The number of rotatable bonds is 4. The van der Waals surface area contributed by atoms with Crippen molar-refractivity contribution >= 4 is 34.5 Å². The monoisotopic (exact) mass is 580 g/mol. The molecule has 0 aromatic carbocycles. The molecule has 1 unspecified atom stereocenters. The highest BCUT2D eigenvalue weighted by Gasteiger charge is 2.36. The van der Waals surface area contributed by atoms with Gasteiger partial charge in [0.05, 0.1) is 22.7 Å². The van der Waals surface area contributed by atoms with Crippen LogP contribution >= 0.6 is 11.6 Å². The maximum atomic E-state index is 14.8. The third-order valence-electron chi connectivity index (χ3n) is 6.83. The number of carbonyl (C=O) groups excluding carboxylic acids is 1. The molecular weight excluding hydrogens is 549 g/mol. The first kappa shape index (κ1) is 29.6. The van der Waals surface area contributed by atoms with Crippen molar-refractivity contribution in [1.82, 2.24) is 24.4 Å². The van der Waals surface area contributed by atoms with Gasteiger partial charge in [0.15, 0.2) is 16.6 Å². The number of ether oxygens (including phenoxy) is 1. The van der Waals surface area contributed by atoms with Gasteiger partial charge in [-0.05, 0) is 59.2 Å². The minimum absolute atomic E-state index is 0.0248. The molecule has 4 rings (SSSR count). The van der Waals surface area contributed by atoms with Gasteiger partial charge in [0.25, 0.3) is 0 Å². The maximum absolute atomic E-state index is 14.8. The fourth-order valence-corrected chi connectivity index (χ4v) is 4.95. The molecule has 1 aliphatic rings. The molecule has 3 aromatic heterocycles. The summed E-state index contributed by atoms with van der Waals surface area (Å²) >= 11 is 6.06. The van der Waals surface area contributed by atoms with Crippen molar-refractivity contribution in [3.8, 4) is 5.69 Å². The highest BCUT2D eigenvalue weighted by molar-refractivity contribution is 6.30. The largest absolute Gasteiger partial charge is 0.444 e. The van der Waals surface area contributed by atoms with E-state index in [9.17, 15) is 22.8 Å². The van der Waals surface area contributed by atoms with E-state index in [2.05, 4.69) is 15.0 Å². The molecule has 0 saturated carbocycles. The number of alkyl halides is 2.